The summed E-state index contributed by atoms with van der Waals surface area (Å²) < 4.78 is 5.63. The molecule has 6 amide bonds. The Bertz CT molecular complexity index is 1480. The van der Waals surface area contributed by atoms with Crippen molar-refractivity contribution in [3.63, 3.8) is 0 Å². The molecule has 0 aromatic rings. The fourth-order valence-corrected chi connectivity index (χ4v) is 7.00. The molecule has 1 aliphatic rings. The van der Waals surface area contributed by atoms with E-state index in [4.69, 9.17) is 20.7 Å². The van der Waals surface area contributed by atoms with E-state index in [1.807, 2.05) is 0 Å². The highest BCUT2D eigenvalue weighted by Gasteiger charge is 2.34. The van der Waals surface area contributed by atoms with Crippen LogP contribution in [0.3, 0.4) is 0 Å². The van der Waals surface area contributed by atoms with Crippen molar-refractivity contribution in [3.05, 3.63) is 23.9 Å². The summed E-state index contributed by atoms with van der Waals surface area (Å²) in [7, 11) is 1.52. The first-order valence-electron chi connectivity index (χ1n) is 17.2. The Kier molecular flexibility index (Phi) is 22.1. The van der Waals surface area contributed by atoms with Gasteiger partial charge in [-0.1, -0.05) is 61.4 Å². The van der Waals surface area contributed by atoms with Crippen LogP contribution in [-0.2, 0) is 47.9 Å². The van der Waals surface area contributed by atoms with Crippen LogP contribution in [0.1, 0.15) is 60.3 Å². The Morgan fingerprint density at radius 2 is 1.65 bits per heavy atom. The number of ether oxygens (including phenoxy) is 1. The van der Waals surface area contributed by atoms with Gasteiger partial charge in [0, 0.05) is 12.2 Å². The maximum atomic E-state index is 13.7. The van der Waals surface area contributed by atoms with Crippen molar-refractivity contribution in [3.8, 4) is 0 Å². The molecule has 0 saturated carbocycles. The number of cyclic esters (lactones) is 1. The van der Waals surface area contributed by atoms with Gasteiger partial charge in [0.1, 0.15) is 42.5 Å². The molecule has 1 aliphatic heterocycles. The van der Waals surface area contributed by atoms with E-state index >= 15 is 0 Å². The van der Waals surface area contributed by atoms with E-state index < -0.39 is 107 Å². The molecule has 0 radical (unpaired) electrons. The molecule has 0 aromatic carbocycles. The first-order chi connectivity index (χ1) is 25.8. The number of rotatable bonds is 17. The van der Waals surface area contributed by atoms with Crippen LogP contribution in [0.4, 0.5) is 0 Å². The Balaban J connectivity index is 3.48. The zero-order chi connectivity index (χ0) is 41.8. The molecule has 1 heterocycles. The molecule has 0 spiro atoms. The standard InChI is InChI=1S/C33H51N7O12S3/c1-6-20-28(46)39-26(17(4)5)33(51)52-18(9-7-8-12-53)13-23(42)38-25(16(2)3)29(47)40-31(30(48)37-20)55-54-15-21(27(45)35-14-24(43)44)36-22(41)11-10-19(34)32(49)50/h6-7,9,16-19,21,25-26,31,53H,8,10-15,34H2,1-5H3,(H,35,45)(H,36,41)(H,37,48)(H,38,42)(H,39,46)(H,40,47)(H,43,44)(H,49,50)/b9-7+,20-6-. The van der Waals surface area contributed by atoms with Crippen LogP contribution in [0.25, 0.3) is 0 Å². The third kappa shape index (κ3) is 18.3. The van der Waals surface area contributed by atoms with Gasteiger partial charge in [-0.05, 0) is 43.4 Å². The van der Waals surface area contributed by atoms with Gasteiger partial charge in [0.05, 0.1) is 6.42 Å². The second-order valence-corrected chi connectivity index (χ2v) is 15.7. The third-order valence-corrected chi connectivity index (χ3v) is 10.3. The Morgan fingerprint density at radius 1 is 1.00 bits per heavy atom. The predicted molar refractivity (Wildman–Crippen MR) is 207 cm³/mol. The molecular formula is C33H51N7O12S3. The van der Waals surface area contributed by atoms with Crippen LogP contribution >= 0.6 is 34.2 Å². The minimum absolute atomic E-state index is 0.262. The molecule has 308 valence electrons. The number of aliphatic carboxylic acids is 2. The number of carbonyl (C=O) groups is 9. The van der Waals surface area contributed by atoms with E-state index in [0.29, 0.717) is 23.0 Å². The van der Waals surface area contributed by atoms with Crippen molar-refractivity contribution in [2.24, 2.45) is 17.6 Å². The highest BCUT2D eigenvalue weighted by molar-refractivity contribution is 8.77. The molecule has 55 heavy (non-hydrogen) atoms. The van der Waals surface area contributed by atoms with Gasteiger partial charge in [0.25, 0.3) is 11.8 Å². The molecule has 22 heteroatoms. The molecule has 19 nitrogen and oxygen atoms in total. The number of carbonyl (C=O) groups excluding carboxylic acids is 7. The Hall–Kier alpha value is -4.28. The lowest BCUT2D eigenvalue weighted by Gasteiger charge is -2.27. The second kappa shape index (κ2) is 25.0. The lowest BCUT2D eigenvalue weighted by molar-refractivity contribution is -0.153. The van der Waals surface area contributed by atoms with Gasteiger partial charge < -0.3 is 52.6 Å². The van der Waals surface area contributed by atoms with Crippen molar-refractivity contribution in [2.45, 2.75) is 95.9 Å². The molecule has 1 saturated heterocycles. The van der Waals surface area contributed by atoms with E-state index in [2.05, 4.69) is 44.5 Å². The van der Waals surface area contributed by atoms with Crippen LogP contribution in [0, 0.1) is 11.8 Å². The van der Waals surface area contributed by atoms with E-state index in [0.717, 1.165) is 10.8 Å². The molecule has 10 N–H and O–H groups in total. The summed E-state index contributed by atoms with van der Waals surface area (Å²) in [5, 5.41) is 31.2. The zero-order valence-corrected chi connectivity index (χ0v) is 33.6. The van der Waals surface area contributed by atoms with E-state index in [-0.39, 0.29) is 30.7 Å². The average molecular weight is 834 g/mol. The summed E-state index contributed by atoms with van der Waals surface area (Å²) in [5.41, 5.74) is 5.17. The highest BCUT2D eigenvalue weighted by Crippen LogP contribution is 2.27. The number of allylic oxidation sites excluding steroid dienone is 2. The lowest BCUT2D eigenvalue weighted by atomic mass is 10.0. The van der Waals surface area contributed by atoms with Crippen molar-refractivity contribution in [2.75, 3.05) is 18.1 Å². The van der Waals surface area contributed by atoms with Gasteiger partial charge in [-0.3, -0.25) is 38.4 Å². The molecule has 1 fully saturated rings. The quantitative estimate of drug-likeness (QED) is 0.0282. The number of hydrogen-bond donors (Lipinski definition) is 10. The van der Waals surface area contributed by atoms with Crippen LogP contribution in [0.5, 0.6) is 0 Å². The fourth-order valence-electron chi connectivity index (χ4n) is 4.49. The summed E-state index contributed by atoms with van der Waals surface area (Å²) in [6.07, 6.45) is 2.89. The summed E-state index contributed by atoms with van der Waals surface area (Å²) in [5.74, 6) is -9.29. The zero-order valence-electron chi connectivity index (χ0n) is 31.1. The predicted octanol–water partition coefficient (Wildman–Crippen LogP) is -0.819. The first-order valence-corrected chi connectivity index (χ1v) is 20.2. The molecule has 0 aliphatic carbocycles. The molecule has 6 unspecified atom stereocenters. The van der Waals surface area contributed by atoms with Gasteiger partial charge in [0.2, 0.25) is 23.6 Å². The van der Waals surface area contributed by atoms with Crippen LogP contribution < -0.4 is 37.6 Å². The van der Waals surface area contributed by atoms with Gasteiger partial charge in [-0.2, -0.15) is 12.6 Å². The monoisotopic (exact) mass is 833 g/mol. The fraction of sp³-hybridized carbons (Fsp3) is 0.606. The average Bonchev–Trinajstić information content (AvgIpc) is 3.10. The number of carboxylic acids is 2. The van der Waals surface area contributed by atoms with Crippen molar-refractivity contribution in [1.29, 1.82) is 0 Å². The van der Waals surface area contributed by atoms with E-state index in [1.165, 1.54) is 19.1 Å². The third-order valence-electron chi connectivity index (χ3n) is 7.54. The van der Waals surface area contributed by atoms with Gasteiger partial charge in [-0.15, -0.1) is 0 Å². The van der Waals surface area contributed by atoms with Crippen molar-refractivity contribution in [1.82, 2.24) is 31.9 Å². The topological polar surface area (TPSA) is 302 Å². The van der Waals surface area contributed by atoms with Gasteiger partial charge in [0.15, 0.2) is 5.37 Å². The molecular weight excluding hydrogens is 783 g/mol. The Labute approximate surface area is 332 Å². The number of esters is 1. The summed E-state index contributed by atoms with van der Waals surface area (Å²) in [6.45, 7) is 7.27. The van der Waals surface area contributed by atoms with Crippen LogP contribution in [0.15, 0.2) is 23.9 Å². The number of nitrogens with one attached hydrogen (secondary N) is 6. The minimum Gasteiger partial charge on any atom is -0.480 e. The van der Waals surface area contributed by atoms with E-state index in [1.54, 1.807) is 33.8 Å². The number of thiol groups is 1. The minimum atomic E-state index is -1.50. The molecule has 1 rings (SSSR count). The van der Waals surface area contributed by atoms with Crippen molar-refractivity contribution >= 4 is 87.6 Å². The molecule has 0 bridgehead atoms. The summed E-state index contributed by atoms with van der Waals surface area (Å²) in [6, 6.07) is -5.13. The summed E-state index contributed by atoms with van der Waals surface area (Å²) in [4.78, 5) is 115. The van der Waals surface area contributed by atoms with Crippen molar-refractivity contribution < 1.29 is 58.1 Å². The van der Waals surface area contributed by atoms with Crippen LogP contribution in [0.2, 0.25) is 0 Å². The number of carboxylic acid groups (broad SMARTS) is 2. The van der Waals surface area contributed by atoms with E-state index in [9.17, 15) is 43.2 Å². The first kappa shape index (κ1) is 48.7. The highest BCUT2D eigenvalue weighted by atomic mass is 33.1. The van der Waals surface area contributed by atoms with Crippen LogP contribution in [-0.4, -0.2) is 117 Å². The second-order valence-electron chi connectivity index (χ2n) is 12.8. The lowest BCUT2D eigenvalue weighted by Crippen LogP contribution is -2.55. The smallest absolute Gasteiger partial charge is 0.329 e. The maximum Gasteiger partial charge on any atom is 0.329 e. The number of nitrogens with two attached hydrogens (primary N) is 1. The SMILES string of the molecule is C/C=C1\NC(=O)C(SSCC(NC(=O)CCC(N)C(=O)O)C(=O)NCC(=O)O)NC(=O)C(C(C)C)NC(=O)CC(/C=C/CCS)OC(=O)C(C(C)C)NC1=O. The molecule has 6 atom stereocenters. The van der Waals surface area contributed by atoms with Gasteiger partial charge in [-0.25, -0.2) is 4.79 Å². The number of amides is 6. The molecule has 0 aromatic heterocycles. The van der Waals surface area contributed by atoms with Gasteiger partial charge >= 0.3 is 17.9 Å². The Morgan fingerprint density at radius 3 is 2.22 bits per heavy atom. The normalized spacial score (nSPS) is 22.3. The summed E-state index contributed by atoms with van der Waals surface area (Å²) >= 11 is 4.16. The largest absolute Gasteiger partial charge is 0.480 e. The maximum absolute atomic E-state index is 13.7. The number of hydrogen-bond acceptors (Lipinski definition) is 14.